The predicted octanol–water partition coefficient (Wildman–Crippen LogP) is 2.05. The minimum Gasteiger partial charge on any atom is -0.360 e. The summed E-state index contributed by atoms with van der Waals surface area (Å²) in [6, 6.07) is 7.50. The summed E-state index contributed by atoms with van der Waals surface area (Å²) in [5, 5.41) is 13.4. The van der Waals surface area contributed by atoms with Crippen molar-refractivity contribution in [2.75, 3.05) is 0 Å². The molecule has 8 nitrogen and oxygen atoms in total. The van der Waals surface area contributed by atoms with Gasteiger partial charge in [-0.3, -0.25) is 5.10 Å². The van der Waals surface area contributed by atoms with Crippen molar-refractivity contribution in [2.24, 2.45) is 10.7 Å². The average Bonchev–Trinajstić information content (AvgIpc) is 3.10. The highest BCUT2D eigenvalue weighted by atomic mass is 19.1. The average molecular weight is 380 g/mol. The lowest BCUT2D eigenvalue weighted by Gasteiger charge is -2.31. The summed E-state index contributed by atoms with van der Waals surface area (Å²) in [4.78, 5) is 12.4. The summed E-state index contributed by atoms with van der Waals surface area (Å²) in [5.74, 6) is 0.422. The maximum absolute atomic E-state index is 13.3. The number of pyridine rings is 1. The van der Waals surface area contributed by atoms with Crippen molar-refractivity contribution in [3.8, 4) is 0 Å². The number of aromatic amines is 2. The molecule has 9 heteroatoms. The fraction of sp³-hybridized carbons (Fsp3) is 0.316. The number of guanidine groups is 1. The molecule has 1 saturated carbocycles. The Morgan fingerprint density at radius 1 is 1.36 bits per heavy atom. The van der Waals surface area contributed by atoms with Gasteiger partial charge in [0.25, 0.3) is 0 Å². The van der Waals surface area contributed by atoms with Crippen LogP contribution in [0.3, 0.4) is 0 Å². The number of hydrogen-bond acceptors (Lipinski definition) is 4. The molecule has 0 spiro atoms. The minimum absolute atomic E-state index is 0.0990. The number of rotatable bonds is 4. The molecule has 144 valence electrons. The molecule has 0 bridgehead atoms. The maximum Gasteiger partial charge on any atom is 0.197 e. The van der Waals surface area contributed by atoms with E-state index in [9.17, 15) is 4.39 Å². The second kappa shape index (κ2) is 6.16. The highest BCUT2D eigenvalue weighted by molar-refractivity contribution is 5.83. The van der Waals surface area contributed by atoms with Crippen molar-refractivity contribution >= 4 is 17.0 Å². The Kier molecular flexibility index (Phi) is 3.73. The van der Waals surface area contributed by atoms with E-state index in [2.05, 4.69) is 35.8 Å². The monoisotopic (exact) mass is 380 g/mol. The van der Waals surface area contributed by atoms with Gasteiger partial charge in [-0.2, -0.15) is 5.10 Å². The number of halogens is 1. The van der Waals surface area contributed by atoms with Gasteiger partial charge in [0.05, 0.1) is 22.8 Å². The van der Waals surface area contributed by atoms with E-state index in [0.717, 1.165) is 22.4 Å². The molecule has 0 amide bonds. The van der Waals surface area contributed by atoms with Crippen molar-refractivity contribution in [3.63, 3.8) is 0 Å². The number of aromatic nitrogens is 4. The number of hydrogen-bond donors (Lipinski definition) is 5. The molecule has 1 aliphatic heterocycles. The topological polar surface area (TPSA) is 120 Å². The molecule has 5 rings (SSSR count). The number of fused-ring (bicyclic) bond motifs is 1. The molecule has 4 atom stereocenters. The Morgan fingerprint density at radius 2 is 2.21 bits per heavy atom. The zero-order valence-electron chi connectivity index (χ0n) is 15.3. The van der Waals surface area contributed by atoms with Gasteiger partial charge in [-0.05, 0) is 43.7 Å². The van der Waals surface area contributed by atoms with Crippen LogP contribution in [0.1, 0.15) is 42.4 Å². The van der Waals surface area contributed by atoms with E-state index < -0.39 is 11.8 Å². The van der Waals surface area contributed by atoms with Crippen LogP contribution >= 0.6 is 0 Å². The largest absolute Gasteiger partial charge is 0.360 e. The Labute approximate surface area is 160 Å². The maximum atomic E-state index is 13.3. The van der Waals surface area contributed by atoms with E-state index in [-0.39, 0.29) is 12.0 Å². The molecule has 1 fully saturated rings. The lowest BCUT2D eigenvalue weighted by Crippen LogP contribution is -2.57. The number of nitrogens with one attached hydrogen (secondary N) is 4. The molecular formula is C19H21FN8. The van der Waals surface area contributed by atoms with E-state index in [0.29, 0.717) is 18.1 Å². The van der Waals surface area contributed by atoms with Gasteiger partial charge < -0.3 is 21.4 Å². The molecule has 2 aliphatic rings. The summed E-state index contributed by atoms with van der Waals surface area (Å²) in [5.41, 5.74) is 9.57. The van der Waals surface area contributed by atoms with E-state index in [1.54, 1.807) is 12.3 Å². The van der Waals surface area contributed by atoms with Crippen LogP contribution < -0.4 is 16.4 Å². The third-order valence-electron chi connectivity index (χ3n) is 5.20. The molecule has 1 unspecified atom stereocenters. The van der Waals surface area contributed by atoms with Crippen LogP contribution in [0.5, 0.6) is 0 Å². The van der Waals surface area contributed by atoms with Gasteiger partial charge in [0.15, 0.2) is 11.6 Å². The third kappa shape index (κ3) is 2.93. The zero-order valence-corrected chi connectivity index (χ0v) is 15.3. The summed E-state index contributed by atoms with van der Waals surface area (Å²) < 4.78 is 13.3. The summed E-state index contributed by atoms with van der Waals surface area (Å²) in [6.07, 6.45) is 5.10. The summed E-state index contributed by atoms with van der Waals surface area (Å²) in [7, 11) is 0. The molecule has 0 aromatic carbocycles. The highest BCUT2D eigenvalue weighted by Crippen LogP contribution is 2.43. The Hall–Kier alpha value is -3.20. The van der Waals surface area contributed by atoms with Crippen LogP contribution in [0.2, 0.25) is 0 Å². The molecule has 28 heavy (non-hydrogen) atoms. The highest BCUT2D eigenvalue weighted by Gasteiger charge is 2.41. The van der Waals surface area contributed by atoms with Gasteiger partial charge >= 0.3 is 0 Å². The van der Waals surface area contributed by atoms with Gasteiger partial charge in [0.1, 0.15) is 11.9 Å². The van der Waals surface area contributed by atoms with Crippen LogP contribution in [-0.4, -0.2) is 32.3 Å². The summed E-state index contributed by atoms with van der Waals surface area (Å²) in [6.45, 7) is 1.97. The number of aliphatic imine (C=N–C) groups is 1. The Bertz CT molecular complexity index is 1080. The Balaban J connectivity index is 1.37. The lowest BCUT2D eigenvalue weighted by atomic mass is 10.1. The molecule has 4 heterocycles. The number of nitrogens with zero attached hydrogens (tertiary/aromatic N) is 3. The van der Waals surface area contributed by atoms with E-state index in [1.807, 2.05) is 37.4 Å². The van der Waals surface area contributed by atoms with Gasteiger partial charge in [-0.1, -0.05) is 0 Å². The predicted molar refractivity (Wildman–Crippen MR) is 104 cm³/mol. The quantitative estimate of drug-likeness (QED) is 0.474. The normalized spacial score (nSPS) is 28.9. The first-order valence-corrected chi connectivity index (χ1v) is 9.25. The molecule has 0 radical (unpaired) electrons. The molecule has 3 aromatic heterocycles. The van der Waals surface area contributed by atoms with Crippen molar-refractivity contribution < 1.29 is 4.39 Å². The van der Waals surface area contributed by atoms with Crippen LogP contribution in [-0.2, 0) is 5.66 Å². The van der Waals surface area contributed by atoms with E-state index in [4.69, 9.17) is 5.73 Å². The molecule has 6 N–H and O–H groups in total. The van der Waals surface area contributed by atoms with Gasteiger partial charge in [-0.25, -0.2) is 14.4 Å². The van der Waals surface area contributed by atoms with Gasteiger partial charge in [-0.15, -0.1) is 0 Å². The van der Waals surface area contributed by atoms with Crippen molar-refractivity contribution in [2.45, 2.75) is 37.1 Å². The van der Waals surface area contributed by atoms with Crippen LogP contribution in [0, 0.1) is 0 Å². The summed E-state index contributed by atoms with van der Waals surface area (Å²) >= 11 is 0. The van der Waals surface area contributed by atoms with Crippen LogP contribution in [0.25, 0.3) is 11.0 Å². The second-order valence-corrected chi connectivity index (χ2v) is 7.34. The minimum atomic E-state index is -1.03. The number of nitrogens with two attached hydrogens (primary N) is 1. The van der Waals surface area contributed by atoms with Gasteiger partial charge in [0, 0.05) is 24.0 Å². The zero-order chi connectivity index (χ0) is 19.3. The van der Waals surface area contributed by atoms with Crippen molar-refractivity contribution in [3.05, 3.63) is 59.8 Å². The fourth-order valence-corrected chi connectivity index (χ4v) is 3.41. The third-order valence-corrected chi connectivity index (χ3v) is 5.20. The van der Waals surface area contributed by atoms with E-state index in [1.165, 1.54) is 0 Å². The number of alkyl halides is 1. The number of H-pyrrole nitrogens is 2. The SMILES string of the molecule is C[C@H](N=C1NC=CC(N)(c2cc([C@@H]3C[C@H]3F)[nH]n2)N1)c1ccc2[nH]ccc2n1. The molecule has 3 aromatic rings. The van der Waals surface area contributed by atoms with Crippen LogP contribution in [0.4, 0.5) is 4.39 Å². The first kappa shape index (κ1) is 16.9. The molecule has 0 saturated heterocycles. The lowest BCUT2D eigenvalue weighted by molar-refractivity contribution is 0.466. The smallest absolute Gasteiger partial charge is 0.197 e. The first-order valence-electron chi connectivity index (χ1n) is 9.25. The van der Waals surface area contributed by atoms with Crippen molar-refractivity contribution in [1.82, 2.24) is 30.8 Å². The second-order valence-electron chi connectivity index (χ2n) is 7.34. The molecular weight excluding hydrogens is 359 g/mol. The first-order chi connectivity index (χ1) is 13.5. The van der Waals surface area contributed by atoms with E-state index >= 15 is 0 Å². The van der Waals surface area contributed by atoms with Crippen molar-refractivity contribution in [1.29, 1.82) is 0 Å². The van der Waals surface area contributed by atoms with Crippen LogP contribution in [0.15, 0.2) is 47.7 Å². The standard InChI is InChI=1S/C19H21FN8/c1-10(13-2-3-14-15(25-13)4-6-22-14)24-18-23-7-5-19(21,26-18)17-9-16(27-28-17)11-8-12(11)20/h2-7,9-12,22H,8,21H2,1H3,(H,27,28)(H2,23,24,26)/t10-,11+,12+,19?/m0/s1. The fourth-order valence-electron chi connectivity index (χ4n) is 3.41. The molecule has 1 aliphatic carbocycles. The van der Waals surface area contributed by atoms with Gasteiger partial charge in [0.2, 0.25) is 0 Å². The Morgan fingerprint density at radius 3 is 3.04 bits per heavy atom.